The smallest absolute Gasteiger partial charge is 0.243 e. The van der Waals surface area contributed by atoms with Crippen molar-refractivity contribution in [2.45, 2.75) is 19.4 Å². The Labute approximate surface area is 147 Å². The number of carbonyl (C=O) groups excluding carboxylic acids is 1. The zero-order valence-corrected chi connectivity index (χ0v) is 13.9. The molecule has 1 amide bonds. The first-order valence-corrected chi connectivity index (χ1v) is 8.25. The van der Waals surface area contributed by atoms with Crippen LogP contribution in [-0.4, -0.2) is 10.9 Å². The minimum Gasteiger partial charge on any atom is -0.273 e. The van der Waals surface area contributed by atoms with Crippen molar-refractivity contribution in [3.05, 3.63) is 90.3 Å². The Morgan fingerprint density at radius 3 is 2.36 bits per heavy atom. The predicted octanol–water partition coefficient (Wildman–Crippen LogP) is 3.93. The Morgan fingerprint density at radius 2 is 1.64 bits per heavy atom. The van der Waals surface area contributed by atoms with Gasteiger partial charge in [0.1, 0.15) is 6.61 Å². The lowest BCUT2D eigenvalue weighted by Gasteiger charge is -2.07. The molecule has 0 aliphatic carbocycles. The average Bonchev–Trinajstić information content (AvgIpc) is 2.68. The first-order chi connectivity index (χ1) is 12.3. The van der Waals surface area contributed by atoms with Gasteiger partial charge in [-0.05, 0) is 34.7 Å². The number of nitrogens with one attached hydrogen (secondary N) is 1. The van der Waals surface area contributed by atoms with E-state index in [1.165, 1.54) is 11.1 Å². The molecule has 0 radical (unpaired) electrons. The third-order valence-electron chi connectivity index (χ3n) is 3.85. The molecule has 3 aromatic rings. The summed E-state index contributed by atoms with van der Waals surface area (Å²) in [5.74, 6) is -0.129. The van der Waals surface area contributed by atoms with E-state index in [0.717, 1.165) is 11.1 Å². The fourth-order valence-electron chi connectivity index (χ4n) is 2.49. The van der Waals surface area contributed by atoms with Gasteiger partial charge in [0.2, 0.25) is 5.91 Å². The van der Waals surface area contributed by atoms with E-state index < -0.39 is 0 Å². The monoisotopic (exact) mass is 332 g/mol. The van der Waals surface area contributed by atoms with Crippen LogP contribution in [0.4, 0.5) is 0 Å². The number of pyridine rings is 1. The molecular formula is C21H20N2O2. The molecule has 0 unspecified atom stereocenters. The number of hydroxylamine groups is 1. The Kier molecular flexibility index (Phi) is 5.91. The number of benzene rings is 2. The second kappa shape index (κ2) is 8.76. The van der Waals surface area contributed by atoms with E-state index in [2.05, 4.69) is 46.9 Å². The molecule has 126 valence electrons. The molecule has 1 N–H and O–H groups in total. The number of carbonyl (C=O) groups is 1. The summed E-state index contributed by atoms with van der Waals surface area (Å²) in [7, 11) is 0. The third-order valence-corrected chi connectivity index (χ3v) is 3.85. The number of aromatic nitrogens is 1. The van der Waals surface area contributed by atoms with Gasteiger partial charge in [-0.25, -0.2) is 5.48 Å². The van der Waals surface area contributed by atoms with Crippen LogP contribution < -0.4 is 5.48 Å². The number of aryl methyl sites for hydroxylation is 1. The maximum Gasteiger partial charge on any atom is 0.243 e. The summed E-state index contributed by atoms with van der Waals surface area (Å²) in [5.41, 5.74) is 6.88. The van der Waals surface area contributed by atoms with E-state index in [-0.39, 0.29) is 5.91 Å². The van der Waals surface area contributed by atoms with Gasteiger partial charge in [0.25, 0.3) is 0 Å². The summed E-state index contributed by atoms with van der Waals surface area (Å²) < 4.78 is 0. The lowest BCUT2D eigenvalue weighted by atomic mass is 10.0. The van der Waals surface area contributed by atoms with Gasteiger partial charge >= 0.3 is 0 Å². The fourth-order valence-corrected chi connectivity index (χ4v) is 2.49. The molecule has 0 saturated carbocycles. The normalized spacial score (nSPS) is 10.4. The van der Waals surface area contributed by atoms with Gasteiger partial charge in [-0.3, -0.25) is 14.6 Å². The summed E-state index contributed by atoms with van der Waals surface area (Å²) in [6.07, 6.45) is 4.47. The summed E-state index contributed by atoms with van der Waals surface area (Å²) in [4.78, 5) is 21.0. The zero-order chi connectivity index (χ0) is 17.3. The minimum absolute atomic E-state index is 0.129. The topological polar surface area (TPSA) is 51.2 Å². The summed E-state index contributed by atoms with van der Waals surface area (Å²) in [5, 5.41) is 0. The molecule has 0 atom stereocenters. The highest BCUT2D eigenvalue weighted by Gasteiger charge is 2.03. The van der Waals surface area contributed by atoms with Gasteiger partial charge in [-0.2, -0.15) is 0 Å². The van der Waals surface area contributed by atoms with Gasteiger partial charge in [0.15, 0.2) is 0 Å². The van der Waals surface area contributed by atoms with Crippen molar-refractivity contribution in [2.24, 2.45) is 0 Å². The molecule has 1 aromatic heterocycles. The van der Waals surface area contributed by atoms with Crippen molar-refractivity contribution in [1.29, 1.82) is 0 Å². The highest BCUT2D eigenvalue weighted by molar-refractivity contribution is 5.75. The molecule has 4 nitrogen and oxygen atoms in total. The number of nitrogens with zero attached hydrogens (tertiary/aromatic N) is 1. The molecule has 0 saturated heterocycles. The highest BCUT2D eigenvalue weighted by Crippen LogP contribution is 2.19. The van der Waals surface area contributed by atoms with Gasteiger partial charge in [0, 0.05) is 18.8 Å². The fraction of sp³-hybridized carbons (Fsp3) is 0.143. The van der Waals surface area contributed by atoms with Gasteiger partial charge in [-0.1, -0.05) is 60.7 Å². The average molecular weight is 332 g/mol. The Hall–Kier alpha value is -2.98. The zero-order valence-electron chi connectivity index (χ0n) is 13.9. The van der Waals surface area contributed by atoms with Crippen LogP contribution in [0.2, 0.25) is 0 Å². The van der Waals surface area contributed by atoms with Gasteiger partial charge in [-0.15, -0.1) is 0 Å². The van der Waals surface area contributed by atoms with Crippen LogP contribution in [0.3, 0.4) is 0 Å². The number of amides is 1. The number of rotatable bonds is 7. The Morgan fingerprint density at radius 1 is 0.880 bits per heavy atom. The second-order valence-corrected chi connectivity index (χ2v) is 5.74. The minimum atomic E-state index is -0.129. The van der Waals surface area contributed by atoms with Crippen molar-refractivity contribution in [1.82, 2.24) is 10.5 Å². The van der Waals surface area contributed by atoms with Gasteiger partial charge < -0.3 is 0 Å². The molecular weight excluding hydrogens is 312 g/mol. The van der Waals surface area contributed by atoms with Crippen LogP contribution >= 0.6 is 0 Å². The molecule has 0 aliphatic rings. The molecule has 0 aliphatic heterocycles. The maximum absolute atomic E-state index is 11.8. The first kappa shape index (κ1) is 16.9. The molecule has 4 heteroatoms. The van der Waals surface area contributed by atoms with Crippen LogP contribution in [0.5, 0.6) is 0 Å². The summed E-state index contributed by atoms with van der Waals surface area (Å²) in [6, 6.07) is 22.3. The van der Waals surface area contributed by atoms with Crippen LogP contribution in [-0.2, 0) is 22.7 Å². The van der Waals surface area contributed by atoms with E-state index in [1.807, 2.05) is 30.3 Å². The van der Waals surface area contributed by atoms with Crippen molar-refractivity contribution in [2.75, 3.05) is 0 Å². The van der Waals surface area contributed by atoms with Crippen molar-refractivity contribution in [3.63, 3.8) is 0 Å². The summed E-state index contributed by atoms with van der Waals surface area (Å²) >= 11 is 0. The highest BCUT2D eigenvalue weighted by atomic mass is 16.6. The Bertz CT molecular complexity index is 787. The number of hydrogen-bond acceptors (Lipinski definition) is 3. The van der Waals surface area contributed by atoms with E-state index in [0.29, 0.717) is 19.4 Å². The Balaban J connectivity index is 1.43. The molecule has 3 rings (SSSR count). The maximum atomic E-state index is 11.8. The van der Waals surface area contributed by atoms with E-state index in [4.69, 9.17) is 4.84 Å². The van der Waals surface area contributed by atoms with Crippen molar-refractivity contribution < 1.29 is 9.63 Å². The van der Waals surface area contributed by atoms with E-state index in [9.17, 15) is 4.79 Å². The lowest BCUT2D eigenvalue weighted by Crippen LogP contribution is -2.23. The lowest BCUT2D eigenvalue weighted by molar-refractivity contribution is -0.134. The van der Waals surface area contributed by atoms with Crippen molar-refractivity contribution in [3.8, 4) is 11.1 Å². The summed E-state index contributed by atoms with van der Waals surface area (Å²) in [6.45, 7) is 0.311. The van der Waals surface area contributed by atoms with Gasteiger partial charge in [0.05, 0.1) is 0 Å². The predicted molar refractivity (Wildman–Crippen MR) is 97.4 cm³/mol. The van der Waals surface area contributed by atoms with E-state index >= 15 is 0 Å². The molecule has 0 spiro atoms. The largest absolute Gasteiger partial charge is 0.273 e. The van der Waals surface area contributed by atoms with Crippen LogP contribution in [0, 0.1) is 0 Å². The molecule has 25 heavy (non-hydrogen) atoms. The molecule has 0 fully saturated rings. The third kappa shape index (κ3) is 5.26. The number of hydrogen-bond donors (Lipinski definition) is 1. The van der Waals surface area contributed by atoms with Crippen LogP contribution in [0.25, 0.3) is 11.1 Å². The van der Waals surface area contributed by atoms with Crippen molar-refractivity contribution >= 4 is 5.91 Å². The SMILES string of the molecule is O=C(CCc1ccc(-c2ccccc2)cc1)NOCc1cccnc1. The van der Waals surface area contributed by atoms with E-state index in [1.54, 1.807) is 12.4 Å². The quantitative estimate of drug-likeness (QED) is 0.667. The van der Waals surface area contributed by atoms with Crippen LogP contribution in [0.1, 0.15) is 17.5 Å². The molecule has 2 aromatic carbocycles. The second-order valence-electron chi connectivity index (χ2n) is 5.74. The molecule has 1 heterocycles. The first-order valence-electron chi connectivity index (χ1n) is 8.25. The van der Waals surface area contributed by atoms with Crippen LogP contribution in [0.15, 0.2) is 79.1 Å². The standard InChI is InChI=1S/C21H20N2O2/c24-21(23-25-16-18-5-4-14-22-15-18)13-10-17-8-11-20(12-9-17)19-6-2-1-3-7-19/h1-9,11-12,14-15H,10,13,16H2,(H,23,24). The molecule has 0 bridgehead atoms.